The summed E-state index contributed by atoms with van der Waals surface area (Å²) in [5, 5.41) is 71.7. The molecular formula is C57H79N9O16. The summed E-state index contributed by atoms with van der Waals surface area (Å²) in [4.78, 5) is 130. The van der Waals surface area contributed by atoms with Crippen molar-refractivity contribution in [3.63, 3.8) is 0 Å². The highest BCUT2D eigenvalue weighted by Gasteiger charge is 2.31. The van der Waals surface area contributed by atoms with Gasteiger partial charge in [-0.2, -0.15) is 0 Å². The van der Waals surface area contributed by atoms with Crippen LogP contribution in [0.15, 0.2) is 66.7 Å². The molecule has 3 aromatic carbocycles. The van der Waals surface area contributed by atoms with Crippen LogP contribution in [-0.2, 0) is 51.3 Å². The molecule has 1 saturated heterocycles. The Bertz CT molecular complexity index is 2650. The number of carboxylic acid groups (broad SMARTS) is 6. The Morgan fingerprint density at radius 1 is 0.512 bits per heavy atom. The number of nitrogens with zero attached hydrogens (tertiary/aromatic N) is 4. The number of rotatable bonds is 28. The van der Waals surface area contributed by atoms with E-state index in [1.54, 1.807) is 21.9 Å². The van der Waals surface area contributed by atoms with Crippen LogP contribution < -0.4 is 26.6 Å². The molecule has 448 valence electrons. The number of carbonyl (C=O) groups excluding carboxylic acids is 4. The zero-order chi connectivity index (χ0) is 59.6. The average molecular weight is 1150 g/mol. The number of aliphatic carboxylic acids is 6. The summed E-state index contributed by atoms with van der Waals surface area (Å²) in [6.45, 7) is 4.04. The molecule has 1 heterocycles. The number of amides is 5. The predicted octanol–water partition coefficient (Wildman–Crippen LogP) is 2.22. The molecule has 25 nitrogen and oxygen atoms in total. The SMILES string of the molecule is O=C(O)CC[C@H](NC(=O)N[C@@H](CCCCNC(=O)[C@H](Cc1ccc2ccccc2c1)NC(=O)[C@H]1CC[C@H](CNC(=O)c2ccc(CN3CCCN(CC(=O)O)CCN(CC(=O)O)CCCN(CC(=O)O)CC3)cc2)CC1)C(=O)O)C(=O)O. The molecule has 5 amide bonds. The zero-order valence-corrected chi connectivity index (χ0v) is 46.2. The van der Waals surface area contributed by atoms with Crippen molar-refractivity contribution >= 4 is 70.3 Å². The fourth-order valence-corrected chi connectivity index (χ4v) is 10.3. The van der Waals surface area contributed by atoms with Crippen LogP contribution in [-0.4, -0.2) is 213 Å². The summed E-state index contributed by atoms with van der Waals surface area (Å²) in [6, 6.07) is 15.8. The van der Waals surface area contributed by atoms with Gasteiger partial charge < -0.3 is 57.2 Å². The van der Waals surface area contributed by atoms with Crippen LogP contribution in [0.3, 0.4) is 0 Å². The van der Waals surface area contributed by atoms with Crippen molar-refractivity contribution in [2.24, 2.45) is 11.8 Å². The van der Waals surface area contributed by atoms with Crippen molar-refractivity contribution in [1.82, 2.24) is 46.2 Å². The highest BCUT2D eigenvalue weighted by Crippen LogP contribution is 2.29. The number of urea groups is 1. The molecule has 2 aliphatic rings. The normalized spacial score (nSPS) is 18.3. The van der Waals surface area contributed by atoms with Gasteiger partial charge in [-0.05, 0) is 111 Å². The van der Waals surface area contributed by atoms with E-state index in [0.717, 1.165) is 21.9 Å². The summed E-state index contributed by atoms with van der Waals surface area (Å²) >= 11 is 0. The van der Waals surface area contributed by atoms with E-state index in [1.165, 1.54) is 0 Å². The Morgan fingerprint density at radius 2 is 1.04 bits per heavy atom. The van der Waals surface area contributed by atoms with Gasteiger partial charge in [-0.3, -0.25) is 53.2 Å². The van der Waals surface area contributed by atoms with Gasteiger partial charge >= 0.3 is 41.8 Å². The van der Waals surface area contributed by atoms with E-state index in [1.807, 2.05) is 59.5 Å². The molecule has 5 rings (SSSR count). The predicted molar refractivity (Wildman–Crippen MR) is 299 cm³/mol. The number of nitrogens with one attached hydrogen (secondary N) is 5. The summed E-state index contributed by atoms with van der Waals surface area (Å²) in [6.07, 6.45) is 3.26. The zero-order valence-electron chi connectivity index (χ0n) is 46.2. The van der Waals surface area contributed by atoms with Crippen LogP contribution in [0.25, 0.3) is 10.8 Å². The second-order valence-corrected chi connectivity index (χ2v) is 21.2. The standard InChI is InChI=1S/C57H79N9O16/c67-48(68)21-20-46(56(80)81)62-57(82)61-45(55(78)79)9-3-4-22-58-54(77)47(32-40-14-15-41-7-1-2-8-44(41)31-40)60-53(76)43-16-10-38(11-17-43)33-59-52(75)42-18-12-39(13-19-42)34-63-23-5-24-65(36-50(71)72)29-30-66(37-51(73)74)26-6-25-64(28-27-63)35-49(69)70/h1-2,7-8,12-15,18-19,31,38,43,45-47H,3-6,9-11,16-17,20-30,32-37H2,(H,58,77)(H,59,75)(H,60,76)(H,67,68)(H,69,70)(H,71,72)(H,73,74)(H,78,79)(H,80,81)(H2,61,62,82)/t38-,43-,45-,46-,47-/m0/s1. The fraction of sp³-hybridized carbons (Fsp3) is 0.544. The lowest BCUT2D eigenvalue weighted by Crippen LogP contribution is -2.51. The van der Waals surface area contributed by atoms with E-state index < -0.39 is 78.7 Å². The number of benzene rings is 3. The van der Waals surface area contributed by atoms with Crippen molar-refractivity contribution < 1.29 is 78.6 Å². The van der Waals surface area contributed by atoms with E-state index in [9.17, 15) is 73.5 Å². The minimum Gasteiger partial charge on any atom is -0.481 e. The minimum atomic E-state index is -1.55. The highest BCUT2D eigenvalue weighted by molar-refractivity contribution is 5.94. The largest absolute Gasteiger partial charge is 0.481 e. The summed E-state index contributed by atoms with van der Waals surface area (Å²) < 4.78 is 0. The Labute approximate surface area is 475 Å². The number of hydrogen-bond acceptors (Lipinski definition) is 14. The molecule has 1 aliphatic heterocycles. The topological polar surface area (TPSA) is 365 Å². The third-order valence-electron chi connectivity index (χ3n) is 14.8. The van der Waals surface area contributed by atoms with E-state index in [-0.39, 0.29) is 69.1 Å². The first-order chi connectivity index (χ1) is 39.2. The number of unbranched alkanes of at least 4 members (excludes halogenated alkanes) is 1. The molecule has 3 atom stereocenters. The van der Waals surface area contributed by atoms with Crippen molar-refractivity contribution in [3.05, 3.63) is 83.4 Å². The van der Waals surface area contributed by atoms with Crippen LogP contribution in [0.4, 0.5) is 4.79 Å². The highest BCUT2D eigenvalue weighted by atomic mass is 16.4. The lowest BCUT2D eigenvalue weighted by molar-refractivity contribution is -0.141. The molecule has 0 unspecified atom stereocenters. The lowest BCUT2D eigenvalue weighted by Gasteiger charge is -2.31. The van der Waals surface area contributed by atoms with Gasteiger partial charge in [-0.1, -0.05) is 54.6 Å². The minimum absolute atomic E-state index is 0.0638. The maximum atomic E-state index is 13.9. The molecular weight excluding hydrogens is 1070 g/mol. The van der Waals surface area contributed by atoms with E-state index in [2.05, 4.69) is 31.5 Å². The van der Waals surface area contributed by atoms with E-state index in [4.69, 9.17) is 5.11 Å². The first kappa shape index (κ1) is 65.1. The number of fused-ring (bicyclic) bond motifs is 1. The first-order valence-corrected chi connectivity index (χ1v) is 27.9. The Morgan fingerprint density at radius 3 is 1.59 bits per heavy atom. The molecule has 0 spiro atoms. The van der Waals surface area contributed by atoms with Gasteiger partial charge in [-0.15, -0.1) is 0 Å². The van der Waals surface area contributed by atoms with E-state index >= 15 is 0 Å². The van der Waals surface area contributed by atoms with Gasteiger partial charge in [0.05, 0.1) is 19.6 Å². The van der Waals surface area contributed by atoms with Crippen LogP contribution in [0.2, 0.25) is 0 Å². The second-order valence-electron chi connectivity index (χ2n) is 21.2. The number of hydrogen-bond donors (Lipinski definition) is 11. The van der Waals surface area contributed by atoms with Crippen molar-refractivity contribution in [1.29, 1.82) is 0 Å². The van der Waals surface area contributed by atoms with Gasteiger partial charge in [0.2, 0.25) is 11.8 Å². The molecule has 0 bridgehead atoms. The van der Waals surface area contributed by atoms with Crippen molar-refractivity contribution in [3.8, 4) is 0 Å². The molecule has 0 aromatic heterocycles. The Hall–Kier alpha value is -7.74. The molecule has 1 aliphatic carbocycles. The fourth-order valence-electron chi connectivity index (χ4n) is 10.3. The quantitative estimate of drug-likeness (QED) is 0.0464. The van der Waals surface area contributed by atoms with Crippen molar-refractivity contribution in [2.75, 3.05) is 85.1 Å². The van der Waals surface area contributed by atoms with Crippen LogP contribution >= 0.6 is 0 Å². The number of carboxylic acids is 6. The Balaban J connectivity index is 1.11. The Kier molecular flexibility index (Phi) is 26.9. The van der Waals surface area contributed by atoms with Crippen molar-refractivity contribution in [2.45, 2.75) is 102 Å². The molecule has 0 radical (unpaired) electrons. The van der Waals surface area contributed by atoms with Crippen LogP contribution in [0.1, 0.15) is 92.1 Å². The molecule has 82 heavy (non-hydrogen) atoms. The smallest absolute Gasteiger partial charge is 0.326 e. The van der Waals surface area contributed by atoms with Crippen LogP contribution in [0.5, 0.6) is 0 Å². The average Bonchev–Trinajstić information content (AvgIpc) is 3.47. The summed E-state index contributed by atoms with van der Waals surface area (Å²) in [5.41, 5.74) is 2.21. The van der Waals surface area contributed by atoms with Crippen LogP contribution in [0, 0.1) is 11.8 Å². The maximum Gasteiger partial charge on any atom is 0.326 e. The number of carbonyl (C=O) groups is 10. The molecule has 3 aromatic rings. The van der Waals surface area contributed by atoms with E-state index in [0.29, 0.717) is 116 Å². The maximum absolute atomic E-state index is 13.9. The third kappa shape index (κ3) is 23.8. The second kappa shape index (κ2) is 33.9. The summed E-state index contributed by atoms with van der Waals surface area (Å²) in [7, 11) is 0. The molecule has 1 saturated carbocycles. The first-order valence-electron chi connectivity index (χ1n) is 27.9. The lowest BCUT2D eigenvalue weighted by atomic mass is 9.81. The van der Waals surface area contributed by atoms with Gasteiger partial charge in [0.1, 0.15) is 18.1 Å². The molecule has 2 fully saturated rings. The molecule has 25 heteroatoms. The molecule has 11 N–H and O–H groups in total. The van der Waals surface area contributed by atoms with Gasteiger partial charge in [0, 0.05) is 89.8 Å². The summed E-state index contributed by atoms with van der Waals surface area (Å²) in [5.74, 6) is -8.28. The van der Waals surface area contributed by atoms with Gasteiger partial charge in [-0.25, -0.2) is 14.4 Å². The van der Waals surface area contributed by atoms with Gasteiger partial charge in [0.25, 0.3) is 5.91 Å². The van der Waals surface area contributed by atoms with Gasteiger partial charge in [0.15, 0.2) is 0 Å². The third-order valence-corrected chi connectivity index (χ3v) is 14.8. The monoisotopic (exact) mass is 1150 g/mol.